The van der Waals surface area contributed by atoms with Crippen molar-refractivity contribution in [2.75, 3.05) is 0 Å². The second kappa shape index (κ2) is 6.96. The molecule has 0 atom stereocenters. The Morgan fingerprint density at radius 1 is 1.20 bits per heavy atom. The number of carbonyl (C=O) groups excluding carboxylic acids is 1. The second-order valence-corrected chi connectivity index (χ2v) is 5.51. The summed E-state index contributed by atoms with van der Waals surface area (Å²) in [6.07, 6.45) is 2.82. The van der Waals surface area contributed by atoms with E-state index in [0.717, 1.165) is 11.4 Å². The lowest BCUT2D eigenvalue weighted by atomic mass is 10.2. The molecule has 1 amide bonds. The van der Waals surface area contributed by atoms with Crippen LogP contribution in [0.4, 0.5) is 0 Å². The lowest BCUT2D eigenvalue weighted by Crippen LogP contribution is -2.20. The number of H-pyrrole nitrogens is 1. The number of rotatable bonds is 4. The standard InChI is InChI=1S/C18H17N5O2/c1-12-8-9-14(10-19-12)17(24)21-20-11-16-13(2)22-23(18(16)25)15-6-4-3-5-7-15/h3-11,22H,1-2H3,(H,21,24)/b20-11-. The molecule has 0 unspecified atom stereocenters. The van der Waals surface area contributed by atoms with Crippen LogP contribution in [0.2, 0.25) is 0 Å². The van der Waals surface area contributed by atoms with Gasteiger partial charge in [-0.05, 0) is 38.1 Å². The minimum Gasteiger partial charge on any atom is -0.295 e. The Bertz CT molecular complexity index is 969. The number of hydrogen-bond donors (Lipinski definition) is 2. The maximum Gasteiger partial charge on any atom is 0.280 e. The number of amides is 1. The molecule has 2 N–H and O–H groups in total. The molecule has 2 aromatic heterocycles. The highest BCUT2D eigenvalue weighted by molar-refractivity contribution is 5.94. The smallest absolute Gasteiger partial charge is 0.280 e. The summed E-state index contributed by atoms with van der Waals surface area (Å²) in [6.45, 7) is 3.61. The number of aromatic nitrogens is 3. The Morgan fingerprint density at radius 3 is 2.64 bits per heavy atom. The lowest BCUT2D eigenvalue weighted by Gasteiger charge is -1.99. The Hall–Kier alpha value is -3.48. The molecule has 7 nitrogen and oxygen atoms in total. The number of nitrogens with zero attached hydrogens (tertiary/aromatic N) is 3. The van der Waals surface area contributed by atoms with Crippen LogP contribution in [0.1, 0.15) is 27.3 Å². The van der Waals surface area contributed by atoms with Gasteiger partial charge in [-0.3, -0.25) is 19.7 Å². The first-order valence-corrected chi connectivity index (χ1v) is 7.69. The van der Waals surface area contributed by atoms with E-state index in [9.17, 15) is 9.59 Å². The van der Waals surface area contributed by atoms with Crippen molar-refractivity contribution in [3.05, 3.63) is 81.5 Å². The molecular weight excluding hydrogens is 318 g/mol. The highest BCUT2D eigenvalue weighted by Crippen LogP contribution is 2.05. The molecule has 0 saturated heterocycles. The first kappa shape index (κ1) is 16.4. The summed E-state index contributed by atoms with van der Waals surface area (Å²) < 4.78 is 1.43. The van der Waals surface area contributed by atoms with Crippen LogP contribution < -0.4 is 11.0 Å². The third-order valence-electron chi connectivity index (χ3n) is 3.66. The Morgan fingerprint density at radius 2 is 1.96 bits per heavy atom. The molecule has 0 fully saturated rings. The van der Waals surface area contributed by atoms with Crippen LogP contribution >= 0.6 is 0 Å². The molecule has 7 heteroatoms. The summed E-state index contributed by atoms with van der Waals surface area (Å²) in [5.41, 5.74) is 5.15. The monoisotopic (exact) mass is 335 g/mol. The summed E-state index contributed by atoms with van der Waals surface area (Å²) >= 11 is 0. The van der Waals surface area contributed by atoms with E-state index in [1.807, 2.05) is 37.3 Å². The maximum atomic E-state index is 12.5. The van der Waals surface area contributed by atoms with Crippen molar-refractivity contribution in [1.29, 1.82) is 0 Å². The van der Waals surface area contributed by atoms with Crippen molar-refractivity contribution in [3.63, 3.8) is 0 Å². The summed E-state index contributed by atoms with van der Waals surface area (Å²) in [5, 5.41) is 6.88. The molecule has 2 heterocycles. The van der Waals surface area contributed by atoms with E-state index in [4.69, 9.17) is 0 Å². The van der Waals surface area contributed by atoms with E-state index < -0.39 is 0 Å². The van der Waals surface area contributed by atoms with Gasteiger partial charge in [-0.2, -0.15) is 5.10 Å². The number of aromatic amines is 1. The van der Waals surface area contributed by atoms with Gasteiger partial charge in [0.15, 0.2) is 0 Å². The first-order valence-electron chi connectivity index (χ1n) is 7.69. The molecule has 0 radical (unpaired) electrons. The van der Waals surface area contributed by atoms with Crippen LogP contribution in [0, 0.1) is 13.8 Å². The molecule has 25 heavy (non-hydrogen) atoms. The third-order valence-corrected chi connectivity index (χ3v) is 3.66. The Balaban J connectivity index is 1.78. The summed E-state index contributed by atoms with van der Waals surface area (Å²) in [6, 6.07) is 12.6. The van der Waals surface area contributed by atoms with E-state index in [1.54, 1.807) is 19.1 Å². The zero-order valence-electron chi connectivity index (χ0n) is 13.9. The van der Waals surface area contributed by atoms with Gasteiger partial charge < -0.3 is 0 Å². The lowest BCUT2D eigenvalue weighted by molar-refractivity contribution is 0.0955. The number of hydrogen-bond acceptors (Lipinski definition) is 4. The third kappa shape index (κ3) is 3.55. The van der Waals surface area contributed by atoms with Gasteiger partial charge in [0.1, 0.15) is 0 Å². The number of pyridine rings is 1. The number of benzene rings is 1. The van der Waals surface area contributed by atoms with Crippen molar-refractivity contribution >= 4 is 12.1 Å². The average Bonchev–Trinajstić information content (AvgIpc) is 2.91. The fourth-order valence-electron chi connectivity index (χ4n) is 2.29. The van der Waals surface area contributed by atoms with Gasteiger partial charge in [0.25, 0.3) is 11.5 Å². The summed E-state index contributed by atoms with van der Waals surface area (Å²) in [4.78, 5) is 28.5. The first-order chi connectivity index (χ1) is 12.1. The van der Waals surface area contributed by atoms with Crippen molar-refractivity contribution in [3.8, 4) is 5.69 Å². The van der Waals surface area contributed by atoms with Gasteiger partial charge in [0, 0.05) is 17.6 Å². The second-order valence-electron chi connectivity index (χ2n) is 5.51. The van der Waals surface area contributed by atoms with Gasteiger partial charge in [-0.25, -0.2) is 10.1 Å². The van der Waals surface area contributed by atoms with Crippen molar-refractivity contribution in [2.24, 2.45) is 5.10 Å². The molecule has 3 rings (SSSR count). The van der Waals surface area contributed by atoms with Gasteiger partial charge in [-0.15, -0.1) is 0 Å². The maximum absolute atomic E-state index is 12.5. The number of para-hydroxylation sites is 1. The van der Waals surface area contributed by atoms with Gasteiger partial charge in [-0.1, -0.05) is 18.2 Å². The molecule has 0 aliphatic carbocycles. The minimum atomic E-state index is -0.389. The molecule has 0 aliphatic heterocycles. The predicted molar refractivity (Wildman–Crippen MR) is 95.2 cm³/mol. The highest BCUT2D eigenvalue weighted by Gasteiger charge is 2.10. The van der Waals surface area contributed by atoms with E-state index >= 15 is 0 Å². The van der Waals surface area contributed by atoms with Gasteiger partial charge in [0.2, 0.25) is 0 Å². The van der Waals surface area contributed by atoms with Crippen LogP contribution in [0.3, 0.4) is 0 Å². The average molecular weight is 335 g/mol. The van der Waals surface area contributed by atoms with Crippen LogP contribution in [0.15, 0.2) is 58.6 Å². The minimum absolute atomic E-state index is 0.237. The fraction of sp³-hybridized carbons (Fsp3) is 0.111. The van der Waals surface area contributed by atoms with Crippen molar-refractivity contribution in [1.82, 2.24) is 20.2 Å². The van der Waals surface area contributed by atoms with Crippen LogP contribution in [0.25, 0.3) is 5.69 Å². The summed E-state index contributed by atoms with van der Waals surface area (Å²) in [5.74, 6) is -0.389. The van der Waals surface area contributed by atoms with Gasteiger partial charge in [0.05, 0.1) is 23.0 Å². The van der Waals surface area contributed by atoms with E-state index in [1.165, 1.54) is 17.1 Å². The normalized spacial score (nSPS) is 11.0. The Kier molecular flexibility index (Phi) is 4.56. The van der Waals surface area contributed by atoms with Crippen LogP contribution in [-0.2, 0) is 0 Å². The highest BCUT2D eigenvalue weighted by atomic mass is 16.2. The van der Waals surface area contributed by atoms with E-state index in [-0.39, 0.29) is 11.5 Å². The number of hydrazone groups is 1. The fourth-order valence-corrected chi connectivity index (χ4v) is 2.29. The molecule has 3 aromatic rings. The zero-order chi connectivity index (χ0) is 17.8. The van der Waals surface area contributed by atoms with Crippen molar-refractivity contribution in [2.45, 2.75) is 13.8 Å². The van der Waals surface area contributed by atoms with Gasteiger partial charge >= 0.3 is 0 Å². The Labute approximate surface area is 144 Å². The van der Waals surface area contributed by atoms with Crippen molar-refractivity contribution < 1.29 is 4.79 Å². The quantitative estimate of drug-likeness (QED) is 0.564. The molecular formula is C18H17N5O2. The molecule has 1 aromatic carbocycles. The van der Waals surface area contributed by atoms with Crippen LogP contribution in [0.5, 0.6) is 0 Å². The zero-order valence-corrected chi connectivity index (χ0v) is 13.9. The largest absolute Gasteiger partial charge is 0.295 e. The SMILES string of the molecule is Cc1ccc(C(=O)N/N=C\c2c(C)[nH]n(-c3ccccc3)c2=O)cn1. The summed E-state index contributed by atoms with van der Waals surface area (Å²) in [7, 11) is 0. The predicted octanol–water partition coefficient (Wildman–Crippen LogP) is 1.94. The number of aryl methyl sites for hydroxylation is 2. The molecule has 126 valence electrons. The molecule has 0 saturated carbocycles. The van der Waals surface area contributed by atoms with E-state index in [2.05, 4.69) is 20.6 Å². The van der Waals surface area contributed by atoms with E-state index in [0.29, 0.717) is 16.8 Å². The van der Waals surface area contributed by atoms with Crippen LogP contribution in [-0.4, -0.2) is 26.9 Å². The molecule has 0 aliphatic rings. The number of nitrogens with one attached hydrogen (secondary N) is 2. The topological polar surface area (TPSA) is 92.1 Å². The molecule has 0 spiro atoms. The number of carbonyl (C=O) groups is 1. The molecule has 0 bridgehead atoms.